The maximum Gasteiger partial charge on any atom is 0.254 e. The van der Waals surface area contributed by atoms with E-state index in [-0.39, 0.29) is 11.9 Å². The Labute approximate surface area is 154 Å². The quantitative estimate of drug-likeness (QED) is 0.864. The summed E-state index contributed by atoms with van der Waals surface area (Å²) in [5, 5.41) is 3.42. The first-order chi connectivity index (χ1) is 12.8. The molecule has 138 valence electrons. The fourth-order valence-corrected chi connectivity index (χ4v) is 3.31. The van der Waals surface area contributed by atoms with Gasteiger partial charge < -0.3 is 15.0 Å². The summed E-state index contributed by atoms with van der Waals surface area (Å²) in [6.45, 7) is 5.03. The summed E-state index contributed by atoms with van der Waals surface area (Å²) in [5.41, 5.74) is 1.63. The fourth-order valence-electron chi connectivity index (χ4n) is 3.31. The van der Waals surface area contributed by atoms with Crippen LogP contribution in [-0.2, 0) is 6.54 Å². The minimum atomic E-state index is 0.0452. The second-order valence-corrected chi connectivity index (χ2v) is 6.47. The van der Waals surface area contributed by atoms with Crippen molar-refractivity contribution in [2.45, 2.75) is 38.8 Å². The minimum absolute atomic E-state index is 0.0452. The predicted molar refractivity (Wildman–Crippen MR) is 100 cm³/mol. The van der Waals surface area contributed by atoms with Gasteiger partial charge in [-0.3, -0.25) is 4.79 Å². The van der Waals surface area contributed by atoms with Crippen LogP contribution in [0.15, 0.2) is 43.0 Å². The molecule has 1 aliphatic rings. The summed E-state index contributed by atoms with van der Waals surface area (Å²) in [5.74, 6) is 0.828. The zero-order chi connectivity index (χ0) is 18.2. The third kappa shape index (κ3) is 4.79. The van der Waals surface area contributed by atoms with E-state index >= 15 is 0 Å². The van der Waals surface area contributed by atoms with Crippen molar-refractivity contribution in [1.29, 1.82) is 0 Å². The van der Waals surface area contributed by atoms with Crippen LogP contribution in [0.2, 0.25) is 0 Å². The molecule has 3 rings (SSSR count). The number of ether oxygens (including phenoxy) is 1. The maximum absolute atomic E-state index is 13.3. The molecule has 0 unspecified atom stereocenters. The molecule has 26 heavy (non-hydrogen) atoms. The molecule has 6 heteroatoms. The minimum Gasteiger partial charge on any atom is -0.494 e. The highest BCUT2D eigenvalue weighted by Crippen LogP contribution is 2.21. The standard InChI is InChI=1S/C20H26N4O2/c1-2-26-19-7-5-17(6-8-19)20(25)24(14-16-12-22-15-23-13-16)18-4-3-10-21-11-9-18/h5-8,12-13,15,18,21H,2-4,9-11,14H2,1H3/t18-/m0/s1. The Hall–Kier alpha value is -2.47. The van der Waals surface area contributed by atoms with Gasteiger partial charge in [0.2, 0.25) is 0 Å². The van der Waals surface area contributed by atoms with Crippen LogP contribution < -0.4 is 10.1 Å². The Balaban J connectivity index is 1.81. The summed E-state index contributed by atoms with van der Waals surface area (Å²) >= 11 is 0. The second-order valence-electron chi connectivity index (χ2n) is 6.47. The molecule has 0 spiro atoms. The van der Waals surface area contributed by atoms with E-state index < -0.39 is 0 Å². The molecule has 1 N–H and O–H groups in total. The van der Waals surface area contributed by atoms with Gasteiger partial charge in [-0.05, 0) is 63.5 Å². The molecule has 1 fully saturated rings. The van der Waals surface area contributed by atoms with E-state index in [0.29, 0.717) is 18.7 Å². The van der Waals surface area contributed by atoms with Crippen molar-refractivity contribution in [3.05, 3.63) is 54.1 Å². The van der Waals surface area contributed by atoms with E-state index in [4.69, 9.17) is 4.74 Å². The first-order valence-corrected chi connectivity index (χ1v) is 9.26. The van der Waals surface area contributed by atoms with Crippen LogP contribution in [0.1, 0.15) is 42.1 Å². The summed E-state index contributed by atoms with van der Waals surface area (Å²) in [4.78, 5) is 23.4. The number of rotatable bonds is 6. The average molecular weight is 354 g/mol. The largest absolute Gasteiger partial charge is 0.494 e. The van der Waals surface area contributed by atoms with Crippen LogP contribution >= 0.6 is 0 Å². The lowest BCUT2D eigenvalue weighted by atomic mass is 10.0. The number of hydrogen-bond donors (Lipinski definition) is 1. The molecule has 1 aromatic heterocycles. The second kappa shape index (κ2) is 9.29. The smallest absolute Gasteiger partial charge is 0.254 e. The van der Waals surface area contributed by atoms with E-state index in [1.165, 1.54) is 6.33 Å². The van der Waals surface area contributed by atoms with Gasteiger partial charge in [0.05, 0.1) is 6.61 Å². The highest BCUT2D eigenvalue weighted by atomic mass is 16.5. The number of nitrogens with zero attached hydrogens (tertiary/aromatic N) is 3. The topological polar surface area (TPSA) is 67.3 Å². The third-order valence-electron chi connectivity index (χ3n) is 4.63. The highest BCUT2D eigenvalue weighted by Gasteiger charge is 2.26. The molecule has 1 saturated heterocycles. The zero-order valence-electron chi connectivity index (χ0n) is 15.2. The monoisotopic (exact) mass is 354 g/mol. The Morgan fingerprint density at radius 3 is 2.69 bits per heavy atom. The number of carbonyl (C=O) groups is 1. The molecule has 0 aliphatic carbocycles. The van der Waals surface area contributed by atoms with Gasteiger partial charge in [0.1, 0.15) is 12.1 Å². The van der Waals surface area contributed by atoms with Gasteiger partial charge in [0, 0.05) is 36.1 Å². The number of aromatic nitrogens is 2. The van der Waals surface area contributed by atoms with Crippen LogP contribution in [0.5, 0.6) is 5.75 Å². The van der Waals surface area contributed by atoms with Gasteiger partial charge >= 0.3 is 0 Å². The van der Waals surface area contributed by atoms with Gasteiger partial charge in [0.15, 0.2) is 0 Å². The maximum atomic E-state index is 13.3. The highest BCUT2D eigenvalue weighted by molar-refractivity contribution is 5.94. The van der Waals surface area contributed by atoms with Crippen molar-refractivity contribution in [2.75, 3.05) is 19.7 Å². The average Bonchev–Trinajstić information content (AvgIpc) is 2.97. The van der Waals surface area contributed by atoms with Gasteiger partial charge in [-0.1, -0.05) is 0 Å². The molecule has 0 radical (unpaired) electrons. The van der Waals surface area contributed by atoms with Crippen LogP contribution in [0.25, 0.3) is 0 Å². The van der Waals surface area contributed by atoms with Crippen molar-refractivity contribution in [3.8, 4) is 5.75 Å². The van der Waals surface area contributed by atoms with Crippen molar-refractivity contribution in [1.82, 2.24) is 20.2 Å². The molecule has 2 aromatic rings. The summed E-state index contributed by atoms with van der Waals surface area (Å²) < 4.78 is 5.48. The zero-order valence-corrected chi connectivity index (χ0v) is 15.2. The van der Waals surface area contributed by atoms with Gasteiger partial charge in [-0.25, -0.2) is 9.97 Å². The van der Waals surface area contributed by atoms with E-state index in [0.717, 1.165) is 43.7 Å². The van der Waals surface area contributed by atoms with Crippen LogP contribution in [0.3, 0.4) is 0 Å². The summed E-state index contributed by atoms with van der Waals surface area (Å²) in [6.07, 6.45) is 8.10. The lowest BCUT2D eigenvalue weighted by molar-refractivity contribution is 0.0645. The van der Waals surface area contributed by atoms with Gasteiger partial charge in [-0.2, -0.15) is 0 Å². The van der Waals surface area contributed by atoms with E-state index in [2.05, 4.69) is 15.3 Å². The van der Waals surface area contributed by atoms with Crippen molar-refractivity contribution in [3.63, 3.8) is 0 Å². The van der Waals surface area contributed by atoms with Crippen LogP contribution in [0.4, 0.5) is 0 Å². The Morgan fingerprint density at radius 2 is 1.96 bits per heavy atom. The Kier molecular flexibility index (Phi) is 6.55. The van der Waals surface area contributed by atoms with Crippen LogP contribution in [0, 0.1) is 0 Å². The molecule has 1 atom stereocenters. The first-order valence-electron chi connectivity index (χ1n) is 9.26. The number of carbonyl (C=O) groups excluding carboxylic acids is 1. The van der Waals surface area contributed by atoms with E-state index in [9.17, 15) is 4.79 Å². The first kappa shape index (κ1) is 18.3. The van der Waals surface area contributed by atoms with E-state index in [1.54, 1.807) is 12.4 Å². The summed E-state index contributed by atoms with van der Waals surface area (Å²) in [6, 6.07) is 7.61. The molecule has 0 saturated carbocycles. The number of benzene rings is 1. The SMILES string of the molecule is CCOc1ccc(C(=O)N(Cc2cncnc2)[C@H]2CCCNCC2)cc1. The van der Waals surface area contributed by atoms with Crippen molar-refractivity contribution < 1.29 is 9.53 Å². The fraction of sp³-hybridized carbons (Fsp3) is 0.450. The Morgan fingerprint density at radius 1 is 1.19 bits per heavy atom. The normalized spacial score (nSPS) is 17.3. The molecule has 1 aromatic carbocycles. The Bertz CT molecular complexity index is 683. The lowest BCUT2D eigenvalue weighted by Crippen LogP contribution is -2.40. The van der Waals surface area contributed by atoms with Gasteiger partial charge in [0.25, 0.3) is 5.91 Å². The predicted octanol–water partition coefficient (Wildman–Crippen LogP) is 2.66. The number of amides is 1. The number of hydrogen-bond acceptors (Lipinski definition) is 5. The molecular formula is C20H26N4O2. The van der Waals surface area contributed by atoms with Crippen LogP contribution in [-0.4, -0.2) is 46.5 Å². The van der Waals surface area contributed by atoms with Crippen molar-refractivity contribution >= 4 is 5.91 Å². The molecule has 6 nitrogen and oxygen atoms in total. The molecule has 1 amide bonds. The van der Waals surface area contributed by atoms with Crippen molar-refractivity contribution in [2.24, 2.45) is 0 Å². The summed E-state index contributed by atoms with van der Waals surface area (Å²) in [7, 11) is 0. The number of nitrogens with one attached hydrogen (secondary N) is 1. The lowest BCUT2D eigenvalue weighted by Gasteiger charge is -2.31. The molecule has 2 heterocycles. The third-order valence-corrected chi connectivity index (χ3v) is 4.63. The van der Waals surface area contributed by atoms with Gasteiger partial charge in [-0.15, -0.1) is 0 Å². The van der Waals surface area contributed by atoms with E-state index in [1.807, 2.05) is 36.1 Å². The molecular weight excluding hydrogens is 328 g/mol. The molecule has 0 bridgehead atoms. The molecule has 1 aliphatic heterocycles.